The van der Waals surface area contributed by atoms with Gasteiger partial charge in [-0.25, -0.2) is 4.98 Å². The van der Waals surface area contributed by atoms with Crippen LogP contribution >= 0.6 is 11.3 Å². The number of aromatic nitrogens is 2. The molecule has 31 heavy (non-hydrogen) atoms. The largest absolute Gasteiger partial charge is 0.496 e. The number of rotatable bonds is 6. The van der Waals surface area contributed by atoms with Crippen molar-refractivity contribution in [2.45, 2.75) is 20.5 Å². The highest BCUT2D eigenvalue weighted by Gasteiger charge is 2.15. The van der Waals surface area contributed by atoms with Crippen molar-refractivity contribution in [2.75, 3.05) is 12.4 Å². The molecule has 0 atom stereocenters. The van der Waals surface area contributed by atoms with Gasteiger partial charge in [-0.05, 0) is 43.7 Å². The molecule has 8 heteroatoms. The van der Waals surface area contributed by atoms with Gasteiger partial charge in [-0.1, -0.05) is 18.2 Å². The zero-order valence-electron chi connectivity index (χ0n) is 17.3. The van der Waals surface area contributed by atoms with Crippen LogP contribution in [0.15, 0.2) is 59.5 Å². The number of thiazole rings is 1. The molecule has 4 rings (SSSR count). The number of benzene rings is 2. The zero-order chi connectivity index (χ0) is 22.0. The van der Waals surface area contributed by atoms with E-state index in [4.69, 9.17) is 9.47 Å². The molecule has 0 aliphatic heterocycles. The Labute approximate surface area is 182 Å². The number of carbonyl (C=O) groups is 1. The quantitative estimate of drug-likeness (QED) is 0.491. The van der Waals surface area contributed by atoms with Gasteiger partial charge in [-0.3, -0.25) is 14.0 Å². The molecule has 4 aromatic rings. The van der Waals surface area contributed by atoms with Gasteiger partial charge in [-0.2, -0.15) is 0 Å². The van der Waals surface area contributed by atoms with E-state index in [0.717, 1.165) is 10.4 Å². The van der Waals surface area contributed by atoms with Crippen LogP contribution in [0.1, 0.15) is 26.5 Å². The Bertz CT molecular complexity index is 1330. The first kappa shape index (κ1) is 20.6. The topological polar surface area (TPSA) is 81.9 Å². The second-order valence-corrected chi connectivity index (χ2v) is 8.24. The summed E-state index contributed by atoms with van der Waals surface area (Å²) in [6.45, 7) is 3.96. The maximum absolute atomic E-state index is 12.8. The maximum Gasteiger partial charge on any atom is 0.259 e. The molecule has 1 N–H and O–H groups in total. The third-order valence-electron chi connectivity index (χ3n) is 4.65. The van der Waals surface area contributed by atoms with Crippen LogP contribution in [0.25, 0.3) is 4.96 Å². The highest BCUT2D eigenvalue weighted by atomic mass is 32.1. The molecule has 7 nitrogen and oxygen atoms in total. The number of ether oxygens (including phenoxy) is 2. The molecule has 0 aliphatic carbocycles. The van der Waals surface area contributed by atoms with E-state index in [1.54, 1.807) is 36.5 Å². The molecule has 1 amide bonds. The summed E-state index contributed by atoms with van der Waals surface area (Å²) in [5.74, 6) is 0.671. The molecule has 0 spiro atoms. The van der Waals surface area contributed by atoms with Crippen molar-refractivity contribution in [2.24, 2.45) is 0 Å². The lowest BCUT2D eigenvalue weighted by Crippen LogP contribution is -2.15. The fraction of sp³-hybridized carbons (Fsp3) is 0.174. The first-order valence-corrected chi connectivity index (χ1v) is 10.4. The fourth-order valence-corrected chi connectivity index (χ4v) is 4.01. The Kier molecular flexibility index (Phi) is 5.73. The average molecular weight is 436 g/mol. The van der Waals surface area contributed by atoms with Crippen molar-refractivity contribution in [1.82, 2.24) is 9.38 Å². The first-order chi connectivity index (χ1) is 14.9. The van der Waals surface area contributed by atoms with Crippen molar-refractivity contribution < 1.29 is 14.3 Å². The number of hydrogen-bond acceptors (Lipinski definition) is 6. The van der Waals surface area contributed by atoms with Crippen LogP contribution in [-0.2, 0) is 6.61 Å². The third-order valence-corrected chi connectivity index (χ3v) is 5.55. The Balaban J connectivity index is 1.57. The van der Waals surface area contributed by atoms with Gasteiger partial charge in [0.1, 0.15) is 18.1 Å². The minimum atomic E-state index is -0.307. The molecule has 0 unspecified atom stereocenters. The lowest BCUT2D eigenvalue weighted by molar-refractivity contribution is 0.102. The van der Waals surface area contributed by atoms with E-state index in [0.29, 0.717) is 33.4 Å². The summed E-state index contributed by atoms with van der Waals surface area (Å²) in [6.07, 6.45) is 1.77. The monoisotopic (exact) mass is 435 g/mol. The van der Waals surface area contributed by atoms with Crippen LogP contribution in [0.2, 0.25) is 0 Å². The van der Waals surface area contributed by atoms with Gasteiger partial charge >= 0.3 is 0 Å². The Morgan fingerprint density at radius 1 is 1.13 bits per heavy atom. The number of methoxy groups -OCH3 is 1. The SMILES string of the molecule is COc1ccccc1C(=O)Nc1ccc(C)cc1OCc1cc(=O)n2cc(C)sc2n1. The van der Waals surface area contributed by atoms with Gasteiger partial charge in [0, 0.05) is 17.1 Å². The first-order valence-electron chi connectivity index (χ1n) is 9.61. The van der Waals surface area contributed by atoms with E-state index >= 15 is 0 Å². The predicted molar refractivity (Wildman–Crippen MR) is 121 cm³/mol. The van der Waals surface area contributed by atoms with Crippen LogP contribution in [0.4, 0.5) is 5.69 Å². The van der Waals surface area contributed by atoms with Gasteiger partial charge in [0.15, 0.2) is 4.96 Å². The van der Waals surface area contributed by atoms with Crippen LogP contribution in [0.3, 0.4) is 0 Å². The lowest BCUT2D eigenvalue weighted by Gasteiger charge is -2.14. The van der Waals surface area contributed by atoms with Crippen molar-refractivity contribution in [3.63, 3.8) is 0 Å². The van der Waals surface area contributed by atoms with Gasteiger partial charge in [0.25, 0.3) is 11.5 Å². The second kappa shape index (κ2) is 8.61. The molecule has 2 aromatic heterocycles. The molecule has 2 heterocycles. The van der Waals surface area contributed by atoms with E-state index in [1.165, 1.54) is 28.9 Å². The summed E-state index contributed by atoms with van der Waals surface area (Å²) in [4.78, 5) is 31.2. The Morgan fingerprint density at radius 3 is 2.74 bits per heavy atom. The van der Waals surface area contributed by atoms with Crippen LogP contribution in [0, 0.1) is 13.8 Å². The number of nitrogens with one attached hydrogen (secondary N) is 1. The molecule has 2 aromatic carbocycles. The number of fused-ring (bicyclic) bond motifs is 1. The maximum atomic E-state index is 12.8. The summed E-state index contributed by atoms with van der Waals surface area (Å²) < 4.78 is 12.8. The molecule has 0 fully saturated rings. The number of amides is 1. The average Bonchev–Trinajstić information content (AvgIpc) is 3.14. The molecule has 0 bridgehead atoms. The molecular weight excluding hydrogens is 414 g/mol. The standard InChI is InChI=1S/C23H21N3O4S/c1-14-8-9-18(25-22(28)17-6-4-5-7-19(17)29-3)20(10-14)30-13-16-11-21(27)26-12-15(2)31-23(26)24-16/h4-12H,13H2,1-3H3,(H,25,28). The van der Waals surface area contributed by atoms with Gasteiger partial charge < -0.3 is 14.8 Å². The predicted octanol–water partition coefficient (Wildman–Crippen LogP) is 4.21. The number of carbonyl (C=O) groups excluding carboxylic acids is 1. The number of nitrogens with zero attached hydrogens (tertiary/aromatic N) is 2. The molecule has 0 aliphatic rings. The van der Waals surface area contributed by atoms with Crippen molar-refractivity contribution in [3.05, 3.63) is 86.8 Å². The minimum Gasteiger partial charge on any atom is -0.496 e. The number of para-hydroxylation sites is 1. The fourth-order valence-electron chi connectivity index (χ4n) is 3.16. The molecule has 158 valence electrons. The van der Waals surface area contributed by atoms with Crippen molar-refractivity contribution in [1.29, 1.82) is 0 Å². The summed E-state index contributed by atoms with van der Waals surface area (Å²) in [5.41, 5.74) is 2.29. The van der Waals surface area contributed by atoms with Crippen LogP contribution in [-0.4, -0.2) is 22.4 Å². The molecule has 0 radical (unpaired) electrons. The number of hydrogen-bond donors (Lipinski definition) is 1. The van der Waals surface area contributed by atoms with Gasteiger partial charge in [-0.15, -0.1) is 11.3 Å². The number of anilines is 1. The Hall–Kier alpha value is -3.65. The van der Waals surface area contributed by atoms with Crippen molar-refractivity contribution in [3.8, 4) is 11.5 Å². The molecule has 0 saturated heterocycles. The summed E-state index contributed by atoms with van der Waals surface area (Å²) in [7, 11) is 1.52. The van der Waals surface area contributed by atoms with E-state index in [9.17, 15) is 9.59 Å². The van der Waals surface area contributed by atoms with E-state index < -0.39 is 0 Å². The normalized spacial score (nSPS) is 10.8. The summed E-state index contributed by atoms with van der Waals surface area (Å²) in [5, 5.41) is 2.88. The molecular formula is C23H21N3O4S. The minimum absolute atomic E-state index is 0.101. The van der Waals surface area contributed by atoms with Crippen LogP contribution in [0.5, 0.6) is 11.5 Å². The van der Waals surface area contributed by atoms with Crippen LogP contribution < -0.4 is 20.3 Å². The van der Waals surface area contributed by atoms with E-state index in [-0.39, 0.29) is 18.1 Å². The van der Waals surface area contributed by atoms with E-state index in [2.05, 4.69) is 10.3 Å². The second-order valence-electron chi connectivity index (χ2n) is 7.02. The lowest BCUT2D eigenvalue weighted by atomic mass is 10.1. The van der Waals surface area contributed by atoms with E-state index in [1.807, 2.05) is 26.0 Å². The third kappa shape index (κ3) is 4.44. The summed E-state index contributed by atoms with van der Waals surface area (Å²) >= 11 is 1.44. The summed E-state index contributed by atoms with van der Waals surface area (Å²) in [6, 6.07) is 14.0. The van der Waals surface area contributed by atoms with Gasteiger partial charge in [0.2, 0.25) is 0 Å². The van der Waals surface area contributed by atoms with Gasteiger partial charge in [0.05, 0.1) is 24.1 Å². The highest BCUT2D eigenvalue weighted by molar-refractivity contribution is 7.16. The Morgan fingerprint density at radius 2 is 1.94 bits per heavy atom. The zero-order valence-corrected chi connectivity index (χ0v) is 18.2. The highest BCUT2D eigenvalue weighted by Crippen LogP contribution is 2.28. The molecule has 0 saturated carbocycles. The smallest absolute Gasteiger partial charge is 0.259 e. The number of aryl methyl sites for hydroxylation is 2. The van der Waals surface area contributed by atoms with Crippen molar-refractivity contribution >= 4 is 27.9 Å².